The Balaban J connectivity index is 2.25. The fourth-order valence-corrected chi connectivity index (χ4v) is 2.05. The van der Waals surface area contributed by atoms with Crippen LogP contribution in [-0.4, -0.2) is 5.91 Å². The molecule has 4 heteroatoms. The van der Waals surface area contributed by atoms with E-state index in [-0.39, 0.29) is 5.91 Å². The van der Waals surface area contributed by atoms with E-state index >= 15 is 0 Å². The Kier molecular flexibility index (Phi) is 3.82. The van der Waals surface area contributed by atoms with E-state index in [9.17, 15) is 4.79 Å². The number of nitrogen functional groups attached to an aromatic ring is 1. The van der Waals surface area contributed by atoms with Crippen molar-refractivity contribution in [3.05, 3.63) is 59.2 Å². The number of aryl methyl sites for hydroxylation is 2. The molecular weight excluding hydrogens is 238 g/mol. The molecule has 0 saturated carbocycles. The normalized spacial score (nSPS) is 10.1. The van der Waals surface area contributed by atoms with E-state index < -0.39 is 0 Å². The van der Waals surface area contributed by atoms with E-state index in [2.05, 4.69) is 16.8 Å². The van der Waals surface area contributed by atoms with Crippen LogP contribution in [0.3, 0.4) is 0 Å². The molecule has 4 nitrogen and oxygen atoms in total. The number of hydrogen-bond acceptors (Lipinski definition) is 3. The van der Waals surface area contributed by atoms with Crippen molar-refractivity contribution in [3.63, 3.8) is 0 Å². The summed E-state index contributed by atoms with van der Waals surface area (Å²) >= 11 is 0. The summed E-state index contributed by atoms with van der Waals surface area (Å²) in [4.78, 5) is 12.2. The Morgan fingerprint density at radius 1 is 1.05 bits per heavy atom. The number of para-hydroxylation sites is 1. The molecule has 0 radical (unpaired) electrons. The van der Waals surface area contributed by atoms with E-state index in [0.29, 0.717) is 11.3 Å². The molecule has 0 heterocycles. The van der Waals surface area contributed by atoms with Crippen LogP contribution < -0.4 is 16.6 Å². The lowest BCUT2D eigenvalue weighted by Gasteiger charge is -2.10. The summed E-state index contributed by atoms with van der Waals surface area (Å²) in [5.74, 6) is 5.22. The van der Waals surface area contributed by atoms with Gasteiger partial charge in [-0.1, -0.05) is 18.2 Å². The number of nitrogens with one attached hydrogen (secondary N) is 2. The van der Waals surface area contributed by atoms with E-state index in [4.69, 9.17) is 5.84 Å². The van der Waals surface area contributed by atoms with Crippen molar-refractivity contribution in [3.8, 4) is 0 Å². The van der Waals surface area contributed by atoms with Crippen LogP contribution in [0.1, 0.15) is 21.5 Å². The maximum absolute atomic E-state index is 12.2. The first-order valence-corrected chi connectivity index (χ1v) is 6.05. The van der Waals surface area contributed by atoms with Gasteiger partial charge in [0, 0.05) is 5.69 Å². The van der Waals surface area contributed by atoms with Crippen molar-refractivity contribution < 1.29 is 4.79 Å². The third kappa shape index (κ3) is 3.11. The van der Waals surface area contributed by atoms with Crippen LogP contribution in [0.15, 0.2) is 42.5 Å². The van der Waals surface area contributed by atoms with Crippen LogP contribution in [0.25, 0.3) is 0 Å². The zero-order valence-electron chi connectivity index (χ0n) is 11.0. The van der Waals surface area contributed by atoms with Gasteiger partial charge in [0.1, 0.15) is 0 Å². The van der Waals surface area contributed by atoms with Gasteiger partial charge in [0.2, 0.25) is 0 Å². The van der Waals surface area contributed by atoms with Crippen molar-refractivity contribution in [2.24, 2.45) is 5.84 Å². The fraction of sp³-hybridized carbons (Fsp3) is 0.133. The molecule has 0 aliphatic heterocycles. The molecule has 0 fully saturated rings. The Morgan fingerprint density at radius 3 is 2.32 bits per heavy atom. The number of amides is 1. The minimum Gasteiger partial charge on any atom is -0.323 e. The number of anilines is 2. The van der Waals surface area contributed by atoms with Crippen molar-refractivity contribution >= 4 is 17.3 Å². The third-order valence-corrected chi connectivity index (χ3v) is 2.81. The average molecular weight is 255 g/mol. The number of carbonyl (C=O) groups is 1. The molecule has 2 rings (SSSR count). The molecule has 2 aromatic rings. The minimum absolute atomic E-state index is 0.182. The SMILES string of the molecule is Cc1cc(C)cc(NC(=O)c2ccccc2NN)c1. The predicted molar refractivity (Wildman–Crippen MR) is 78.1 cm³/mol. The van der Waals surface area contributed by atoms with E-state index in [1.165, 1.54) is 0 Å². The maximum Gasteiger partial charge on any atom is 0.257 e. The van der Waals surface area contributed by atoms with Gasteiger partial charge in [0.25, 0.3) is 5.91 Å². The number of nitrogens with two attached hydrogens (primary N) is 1. The highest BCUT2D eigenvalue weighted by Crippen LogP contribution is 2.18. The lowest BCUT2D eigenvalue weighted by atomic mass is 10.1. The zero-order valence-corrected chi connectivity index (χ0v) is 11.0. The van der Waals surface area contributed by atoms with Crippen LogP contribution in [0, 0.1) is 13.8 Å². The molecule has 0 saturated heterocycles. The zero-order chi connectivity index (χ0) is 13.8. The Labute approximate surface area is 112 Å². The second kappa shape index (κ2) is 5.54. The van der Waals surface area contributed by atoms with Gasteiger partial charge in [-0.15, -0.1) is 0 Å². The Bertz CT molecular complexity index is 588. The number of hydrogen-bond donors (Lipinski definition) is 3. The van der Waals surface area contributed by atoms with Crippen molar-refractivity contribution in [1.82, 2.24) is 0 Å². The minimum atomic E-state index is -0.182. The van der Waals surface area contributed by atoms with Gasteiger partial charge in [0.05, 0.1) is 11.3 Å². The van der Waals surface area contributed by atoms with Gasteiger partial charge in [-0.3, -0.25) is 10.6 Å². The Hall–Kier alpha value is -2.33. The van der Waals surface area contributed by atoms with E-state index in [1.54, 1.807) is 18.2 Å². The first-order chi connectivity index (χ1) is 9.10. The predicted octanol–water partition coefficient (Wildman–Crippen LogP) is 2.84. The van der Waals surface area contributed by atoms with Gasteiger partial charge >= 0.3 is 0 Å². The summed E-state index contributed by atoms with van der Waals surface area (Å²) in [6, 6.07) is 13.0. The monoisotopic (exact) mass is 255 g/mol. The van der Waals surface area contributed by atoms with Crippen LogP contribution in [0.5, 0.6) is 0 Å². The van der Waals surface area contributed by atoms with E-state index in [1.807, 2.05) is 32.0 Å². The standard InChI is InChI=1S/C15H17N3O/c1-10-7-11(2)9-12(8-10)17-15(19)13-5-3-4-6-14(13)18-16/h3-9,18H,16H2,1-2H3,(H,17,19). The van der Waals surface area contributed by atoms with Gasteiger partial charge in [-0.2, -0.15) is 0 Å². The highest BCUT2D eigenvalue weighted by atomic mass is 16.1. The summed E-state index contributed by atoms with van der Waals surface area (Å²) in [5.41, 5.74) is 6.65. The summed E-state index contributed by atoms with van der Waals surface area (Å²) < 4.78 is 0. The van der Waals surface area contributed by atoms with Crippen LogP contribution >= 0.6 is 0 Å². The molecule has 0 aromatic heterocycles. The Morgan fingerprint density at radius 2 is 1.68 bits per heavy atom. The topological polar surface area (TPSA) is 67.2 Å². The first-order valence-electron chi connectivity index (χ1n) is 6.05. The molecule has 4 N–H and O–H groups in total. The second-order valence-corrected chi connectivity index (χ2v) is 4.52. The highest BCUT2D eigenvalue weighted by Gasteiger charge is 2.10. The molecule has 0 spiro atoms. The summed E-state index contributed by atoms with van der Waals surface area (Å²) in [5, 5.41) is 2.88. The highest BCUT2D eigenvalue weighted by molar-refractivity contribution is 6.08. The van der Waals surface area contributed by atoms with Gasteiger partial charge in [-0.05, 0) is 49.2 Å². The molecule has 0 aliphatic rings. The van der Waals surface area contributed by atoms with Gasteiger partial charge in [0.15, 0.2) is 0 Å². The third-order valence-electron chi connectivity index (χ3n) is 2.81. The summed E-state index contributed by atoms with van der Waals surface area (Å²) in [6.07, 6.45) is 0. The molecule has 19 heavy (non-hydrogen) atoms. The fourth-order valence-electron chi connectivity index (χ4n) is 2.05. The molecular formula is C15H17N3O. The lowest BCUT2D eigenvalue weighted by Crippen LogP contribution is -2.17. The number of rotatable bonds is 3. The van der Waals surface area contributed by atoms with Crippen molar-refractivity contribution in [2.45, 2.75) is 13.8 Å². The number of hydrazine groups is 1. The van der Waals surface area contributed by atoms with Crippen molar-refractivity contribution in [1.29, 1.82) is 0 Å². The van der Waals surface area contributed by atoms with Crippen LogP contribution in [0.4, 0.5) is 11.4 Å². The number of carbonyl (C=O) groups excluding carboxylic acids is 1. The average Bonchev–Trinajstić information content (AvgIpc) is 2.37. The second-order valence-electron chi connectivity index (χ2n) is 4.52. The first kappa shape index (κ1) is 13.1. The number of benzene rings is 2. The van der Waals surface area contributed by atoms with E-state index in [0.717, 1.165) is 16.8 Å². The van der Waals surface area contributed by atoms with Crippen LogP contribution in [0.2, 0.25) is 0 Å². The molecule has 0 atom stereocenters. The molecule has 0 bridgehead atoms. The van der Waals surface area contributed by atoms with Gasteiger partial charge in [-0.25, -0.2) is 0 Å². The molecule has 0 unspecified atom stereocenters. The largest absolute Gasteiger partial charge is 0.323 e. The maximum atomic E-state index is 12.2. The lowest BCUT2D eigenvalue weighted by molar-refractivity contribution is 0.102. The van der Waals surface area contributed by atoms with Gasteiger partial charge < -0.3 is 10.7 Å². The molecule has 2 aromatic carbocycles. The molecule has 0 aliphatic carbocycles. The molecule has 98 valence electrons. The summed E-state index contributed by atoms with van der Waals surface area (Å²) in [7, 11) is 0. The van der Waals surface area contributed by atoms with Crippen molar-refractivity contribution in [2.75, 3.05) is 10.7 Å². The summed E-state index contributed by atoms with van der Waals surface area (Å²) in [6.45, 7) is 4.00. The quantitative estimate of drug-likeness (QED) is 0.583. The van der Waals surface area contributed by atoms with Crippen LogP contribution in [-0.2, 0) is 0 Å². The molecule has 1 amide bonds. The smallest absolute Gasteiger partial charge is 0.257 e.